The van der Waals surface area contributed by atoms with Crippen molar-refractivity contribution in [1.82, 2.24) is 5.32 Å². The fourth-order valence-corrected chi connectivity index (χ4v) is 3.43. The van der Waals surface area contributed by atoms with Crippen molar-refractivity contribution in [3.8, 4) is 0 Å². The molecule has 32 heavy (non-hydrogen) atoms. The molecule has 0 aliphatic carbocycles. The molecule has 3 amide bonds. The van der Waals surface area contributed by atoms with Crippen molar-refractivity contribution < 1.29 is 19.1 Å². The van der Waals surface area contributed by atoms with Crippen LogP contribution in [0.2, 0.25) is 10.0 Å². The van der Waals surface area contributed by atoms with Crippen molar-refractivity contribution in [2.75, 3.05) is 23.9 Å². The van der Waals surface area contributed by atoms with E-state index in [0.717, 1.165) is 0 Å². The Morgan fingerprint density at radius 3 is 2.28 bits per heavy atom. The van der Waals surface area contributed by atoms with Gasteiger partial charge in [0.25, 0.3) is 5.91 Å². The van der Waals surface area contributed by atoms with Gasteiger partial charge in [-0.3, -0.25) is 14.5 Å². The summed E-state index contributed by atoms with van der Waals surface area (Å²) in [4.78, 5) is 38.8. The highest BCUT2D eigenvalue weighted by atomic mass is 35.5. The molecular formula is C23H27Cl2N3O4. The number of hydrogen-bond acceptors (Lipinski definition) is 4. The number of nitrogens with one attached hydrogen (secondary N) is 2. The third kappa shape index (κ3) is 7.14. The quantitative estimate of drug-likeness (QED) is 0.532. The van der Waals surface area contributed by atoms with Gasteiger partial charge in [0.05, 0.1) is 17.2 Å². The minimum atomic E-state index is -0.767. The first-order valence-corrected chi connectivity index (χ1v) is 10.9. The average molecular weight is 480 g/mol. The predicted molar refractivity (Wildman–Crippen MR) is 128 cm³/mol. The molecule has 1 atom stereocenters. The van der Waals surface area contributed by atoms with E-state index in [2.05, 4.69) is 10.6 Å². The number of amides is 3. The molecule has 1 unspecified atom stereocenters. The highest BCUT2D eigenvalue weighted by Gasteiger charge is 2.24. The molecule has 9 heteroatoms. The van der Waals surface area contributed by atoms with Gasteiger partial charge in [-0.1, -0.05) is 37.0 Å². The number of rotatable bonds is 8. The summed E-state index contributed by atoms with van der Waals surface area (Å²) < 4.78 is 4.97. The Hall–Kier alpha value is -2.77. The van der Waals surface area contributed by atoms with Crippen molar-refractivity contribution >= 4 is 52.5 Å². The van der Waals surface area contributed by atoms with E-state index >= 15 is 0 Å². The van der Waals surface area contributed by atoms with Crippen LogP contribution in [0.4, 0.5) is 16.2 Å². The minimum Gasteiger partial charge on any atom is -0.449 e. The van der Waals surface area contributed by atoms with Crippen LogP contribution in [0.5, 0.6) is 0 Å². The molecule has 2 aromatic rings. The summed E-state index contributed by atoms with van der Waals surface area (Å²) in [6, 6.07) is 10.5. The lowest BCUT2D eigenvalue weighted by Gasteiger charge is -2.21. The Kier molecular flexibility index (Phi) is 9.35. The molecule has 0 bridgehead atoms. The second kappa shape index (κ2) is 11.7. The Morgan fingerprint density at radius 2 is 1.72 bits per heavy atom. The third-order valence-corrected chi connectivity index (χ3v) is 5.12. The number of hydrogen-bond donors (Lipinski definition) is 2. The van der Waals surface area contributed by atoms with Gasteiger partial charge in [0, 0.05) is 23.4 Å². The second-order valence-electron chi connectivity index (χ2n) is 7.57. The maximum atomic E-state index is 12.9. The van der Waals surface area contributed by atoms with Crippen molar-refractivity contribution in [2.24, 2.45) is 5.92 Å². The normalized spacial score (nSPS) is 11.6. The number of anilines is 2. The molecule has 172 valence electrons. The number of halogens is 2. The van der Waals surface area contributed by atoms with Crippen LogP contribution in [-0.4, -0.2) is 37.6 Å². The molecule has 0 aliphatic rings. The van der Waals surface area contributed by atoms with E-state index in [9.17, 15) is 14.4 Å². The molecular weight excluding hydrogens is 453 g/mol. The van der Waals surface area contributed by atoms with Gasteiger partial charge in [-0.15, -0.1) is 0 Å². The number of ether oxygens (including phenoxy) is 1. The van der Waals surface area contributed by atoms with E-state index in [0.29, 0.717) is 22.8 Å². The Labute approximate surface area is 198 Å². The fourth-order valence-electron chi connectivity index (χ4n) is 2.94. The van der Waals surface area contributed by atoms with Crippen molar-refractivity contribution in [2.45, 2.75) is 33.2 Å². The van der Waals surface area contributed by atoms with Gasteiger partial charge in [0.1, 0.15) is 6.04 Å². The molecule has 0 saturated heterocycles. The third-order valence-electron chi connectivity index (χ3n) is 4.57. The largest absolute Gasteiger partial charge is 0.449 e. The van der Waals surface area contributed by atoms with E-state index in [1.165, 1.54) is 17.0 Å². The number of nitrogens with zero attached hydrogens (tertiary/aromatic N) is 1. The SMILES string of the molecule is CCOC(=O)N(C)c1ccc(NC(=O)C(CC(C)C)NC(=O)c2ccc(Cl)cc2Cl)cc1. The average Bonchev–Trinajstić information content (AvgIpc) is 2.73. The monoisotopic (exact) mass is 479 g/mol. The van der Waals surface area contributed by atoms with E-state index < -0.39 is 18.0 Å². The van der Waals surface area contributed by atoms with Crippen LogP contribution >= 0.6 is 23.2 Å². The summed E-state index contributed by atoms with van der Waals surface area (Å²) >= 11 is 12.0. The smallest absolute Gasteiger partial charge is 0.413 e. The van der Waals surface area contributed by atoms with Gasteiger partial charge >= 0.3 is 6.09 Å². The molecule has 0 heterocycles. The highest BCUT2D eigenvalue weighted by Crippen LogP contribution is 2.22. The van der Waals surface area contributed by atoms with Crippen LogP contribution in [0.15, 0.2) is 42.5 Å². The zero-order valence-electron chi connectivity index (χ0n) is 18.4. The topological polar surface area (TPSA) is 87.7 Å². The first kappa shape index (κ1) is 25.5. The summed E-state index contributed by atoms with van der Waals surface area (Å²) in [5.74, 6) is -0.658. The van der Waals surface area contributed by atoms with Gasteiger partial charge in [0.15, 0.2) is 0 Å². The van der Waals surface area contributed by atoms with Crippen LogP contribution in [-0.2, 0) is 9.53 Å². The molecule has 2 aromatic carbocycles. The number of benzene rings is 2. The van der Waals surface area contributed by atoms with Crippen LogP contribution in [0, 0.1) is 5.92 Å². The maximum Gasteiger partial charge on any atom is 0.413 e. The second-order valence-corrected chi connectivity index (χ2v) is 8.42. The molecule has 2 N–H and O–H groups in total. The van der Waals surface area contributed by atoms with Gasteiger partial charge < -0.3 is 15.4 Å². The van der Waals surface area contributed by atoms with Gasteiger partial charge in [-0.25, -0.2) is 4.79 Å². The van der Waals surface area contributed by atoms with Crippen molar-refractivity contribution in [1.29, 1.82) is 0 Å². The summed E-state index contributed by atoms with van der Waals surface area (Å²) in [5.41, 5.74) is 1.39. The standard InChI is InChI=1S/C23H27Cl2N3O4/c1-5-32-23(31)28(4)17-9-7-16(8-10-17)26-22(30)20(12-14(2)3)27-21(29)18-11-6-15(24)13-19(18)25/h6-11,13-14,20H,5,12H2,1-4H3,(H,26,30)(H,27,29). The molecule has 0 aliphatic heterocycles. The molecule has 7 nitrogen and oxygen atoms in total. The van der Waals surface area contributed by atoms with Crippen LogP contribution in [0.1, 0.15) is 37.6 Å². The van der Waals surface area contributed by atoms with Gasteiger partial charge in [0.2, 0.25) is 5.91 Å². The van der Waals surface area contributed by atoms with Crippen LogP contribution in [0.3, 0.4) is 0 Å². The lowest BCUT2D eigenvalue weighted by molar-refractivity contribution is -0.118. The van der Waals surface area contributed by atoms with Gasteiger partial charge in [-0.2, -0.15) is 0 Å². The highest BCUT2D eigenvalue weighted by molar-refractivity contribution is 6.36. The van der Waals surface area contributed by atoms with E-state index in [4.69, 9.17) is 27.9 Å². The zero-order valence-corrected chi connectivity index (χ0v) is 20.0. The van der Waals surface area contributed by atoms with Gasteiger partial charge in [-0.05, 0) is 61.7 Å². The number of carbonyl (C=O) groups excluding carboxylic acids is 3. The van der Waals surface area contributed by atoms with E-state index in [-0.39, 0.29) is 29.0 Å². The van der Waals surface area contributed by atoms with E-state index in [1.807, 2.05) is 13.8 Å². The van der Waals surface area contributed by atoms with E-state index in [1.54, 1.807) is 44.3 Å². The van der Waals surface area contributed by atoms with Crippen LogP contribution in [0.25, 0.3) is 0 Å². The lowest BCUT2D eigenvalue weighted by atomic mass is 10.0. The summed E-state index contributed by atoms with van der Waals surface area (Å²) in [6.07, 6.45) is -0.0308. The summed E-state index contributed by atoms with van der Waals surface area (Å²) in [6.45, 7) is 5.93. The minimum absolute atomic E-state index is 0.160. The molecule has 0 saturated carbocycles. The molecule has 0 spiro atoms. The Balaban J connectivity index is 2.10. The zero-order chi connectivity index (χ0) is 23.8. The summed E-state index contributed by atoms with van der Waals surface area (Å²) in [5, 5.41) is 6.19. The van der Waals surface area contributed by atoms with Crippen molar-refractivity contribution in [3.63, 3.8) is 0 Å². The first-order chi connectivity index (χ1) is 15.1. The van der Waals surface area contributed by atoms with Crippen molar-refractivity contribution in [3.05, 3.63) is 58.1 Å². The summed E-state index contributed by atoms with van der Waals surface area (Å²) in [7, 11) is 1.60. The first-order valence-electron chi connectivity index (χ1n) is 10.2. The molecule has 0 radical (unpaired) electrons. The Bertz CT molecular complexity index is 964. The molecule has 2 rings (SSSR count). The molecule has 0 aromatic heterocycles. The predicted octanol–water partition coefficient (Wildman–Crippen LogP) is 5.37. The maximum absolute atomic E-state index is 12.9. The lowest BCUT2D eigenvalue weighted by Crippen LogP contribution is -2.44. The molecule has 0 fully saturated rings. The van der Waals surface area contributed by atoms with Crippen LogP contribution < -0.4 is 15.5 Å². The fraction of sp³-hybridized carbons (Fsp3) is 0.348. The number of carbonyl (C=O) groups is 3. The Morgan fingerprint density at radius 1 is 1.06 bits per heavy atom.